The minimum Gasteiger partial charge on any atom is -0.490 e. The van der Waals surface area contributed by atoms with E-state index >= 15 is 0 Å². The van der Waals surface area contributed by atoms with Crippen LogP contribution in [0, 0.1) is 0 Å². The first-order valence-corrected chi connectivity index (χ1v) is 6.67. The zero-order chi connectivity index (χ0) is 12.7. The largest absolute Gasteiger partial charge is 0.490 e. The van der Waals surface area contributed by atoms with Gasteiger partial charge in [-0.25, -0.2) is 0 Å². The Morgan fingerprint density at radius 1 is 0.882 bits per heavy atom. The Morgan fingerprint density at radius 2 is 1.47 bits per heavy atom. The van der Waals surface area contributed by atoms with Crippen LogP contribution in [0.15, 0.2) is 12.1 Å². The fourth-order valence-electron chi connectivity index (χ4n) is 1.58. The number of ether oxygens (including phenoxy) is 3. The van der Waals surface area contributed by atoms with Crippen LogP contribution in [0.1, 0.15) is 26.3 Å². The van der Waals surface area contributed by atoms with Gasteiger partial charge in [-0.15, -0.1) is 0 Å². The molecular formula is C13H19O3Si. The van der Waals surface area contributed by atoms with Crippen LogP contribution < -0.4 is 14.2 Å². The average molecular weight is 251 g/mol. The molecule has 0 fully saturated rings. The highest BCUT2D eigenvalue weighted by molar-refractivity contribution is 6.08. The predicted octanol–water partition coefficient (Wildman–Crippen LogP) is 2.55. The second-order valence-electron chi connectivity index (χ2n) is 3.36. The summed E-state index contributed by atoms with van der Waals surface area (Å²) in [5, 5.41) is 0. The Morgan fingerprint density at radius 3 is 2.00 bits per heavy atom. The first kappa shape index (κ1) is 13.9. The summed E-state index contributed by atoms with van der Waals surface area (Å²) in [5.41, 5.74) is 1.07. The minimum absolute atomic E-state index is 0.589. The second-order valence-corrected chi connectivity index (χ2v) is 3.71. The predicted molar refractivity (Wildman–Crippen MR) is 69.4 cm³/mol. The third-order valence-corrected chi connectivity index (χ3v) is 2.61. The van der Waals surface area contributed by atoms with E-state index in [-0.39, 0.29) is 0 Å². The van der Waals surface area contributed by atoms with E-state index in [0.717, 1.165) is 23.1 Å². The maximum Gasteiger partial charge on any atom is 0.203 e. The molecule has 93 valence electrons. The van der Waals surface area contributed by atoms with Gasteiger partial charge in [0.2, 0.25) is 5.75 Å². The number of hydrogen-bond donors (Lipinski definition) is 0. The van der Waals surface area contributed by atoms with Gasteiger partial charge in [-0.2, -0.15) is 0 Å². The van der Waals surface area contributed by atoms with Crippen molar-refractivity contribution < 1.29 is 14.2 Å². The molecule has 4 heteroatoms. The molecule has 0 aliphatic heterocycles. The second kappa shape index (κ2) is 7.22. The van der Waals surface area contributed by atoms with Gasteiger partial charge in [-0.1, -0.05) is 6.07 Å². The summed E-state index contributed by atoms with van der Waals surface area (Å²) in [6, 6.07) is 4.64. The van der Waals surface area contributed by atoms with Crippen LogP contribution in [-0.2, 0) is 6.04 Å². The van der Waals surface area contributed by atoms with Crippen molar-refractivity contribution in [2.24, 2.45) is 0 Å². The van der Waals surface area contributed by atoms with Crippen molar-refractivity contribution >= 4 is 10.2 Å². The van der Waals surface area contributed by atoms with Crippen molar-refractivity contribution in [3.63, 3.8) is 0 Å². The molecule has 0 aliphatic carbocycles. The molecule has 0 amide bonds. The van der Waals surface area contributed by atoms with Crippen LogP contribution in [0.5, 0.6) is 17.2 Å². The summed E-state index contributed by atoms with van der Waals surface area (Å²) < 4.78 is 16.9. The molecule has 3 nitrogen and oxygen atoms in total. The molecule has 1 aromatic rings. The highest BCUT2D eigenvalue weighted by Crippen LogP contribution is 2.40. The van der Waals surface area contributed by atoms with E-state index in [4.69, 9.17) is 14.2 Å². The molecule has 0 unspecified atom stereocenters. The first-order valence-electron chi connectivity index (χ1n) is 5.97. The summed E-state index contributed by atoms with van der Waals surface area (Å²) in [6.45, 7) is 7.67. The number of hydrogen-bond acceptors (Lipinski definition) is 3. The molecule has 3 radical (unpaired) electrons. The molecule has 0 N–H and O–H groups in total. The summed E-state index contributed by atoms with van der Waals surface area (Å²) >= 11 is 0. The van der Waals surface area contributed by atoms with Crippen LogP contribution in [0.3, 0.4) is 0 Å². The van der Waals surface area contributed by atoms with Gasteiger partial charge >= 0.3 is 0 Å². The van der Waals surface area contributed by atoms with Crippen LogP contribution in [-0.4, -0.2) is 30.1 Å². The molecule has 0 saturated carbocycles. The zero-order valence-electron chi connectivity index (χ0n) is 10.7. The lowest BCUT2D eigenvalue weighted by Crippen LogP contribution is -2.05. The van der Waals surface area contributed by atoms with Crippen molar-refractivity contribution in [3.05, 3.63) is 17.7 Å². The van der Waals surface area contributed by atoms with Gasteiger partial charge in [0.05, 0.1) is 19.8 Å². The van der Waals surface area contributed by atoms with E-state index in [2.05, 4.69) is 10.2 Å². The highest BCUT2D eigenvalue weighted by Gasteiger charge is 2.15. The standard InChI is InChI=1S/C13H19O3Si/c1-4-14-11-8-7-10(9-17)12(15-5-2)13(11)16-6-3/h7-8H,4-6,9H2,1-3H3. The third kappa shape index (κ3) is 3.39. The van der Waals surface area contributed by atoms with Crippen molar-refractivity contribution in [3.8, 4) is 17.2 Å². The lowest BCUT2D eigenvalue weighted by atomic mass is 10.2. The van der Waals surface area contributed by atoms with Gasteiger partial charge in [0.15, 0.2) is 11.5 Å². The van der Waals surface area contributed by atoms with Gasteiger partial charge in [0, 0.05) is 10.2 Å². The average Bonchev–Trinajstić information content (AvgIpc) is 2.34. The molecular weight excluding hydrogens is 232 g/mol. The molecule has 0 atom stereocenters. The maximum absolute atomic E-state index is 5.66. The molecule has 17 heavy (non-hydrogen) atoms. The van der Waals surface area contributed by atoms with E-state index < -0.39 is 0 Å². The quantitative estimate of drug-likeness (QED) is 0.697. The Kier molecular flexibility index (Phi) is 5.90. The molecule has 0 bridgehead atoms. The van der Waals surface area contributed by atoms with Crippen molar-refractivity contribution in [2.75, 3.05) is 19.8 Å². The van der Waals surface area contributed by atoms with E-state index in [9.17, 15) is 0 Å². The van der Waals surface area contributed by atoms with Crippen LogP contribution in [0.25, 0.3) is 0 Å². The van der Waals surface area contributed by atoms with Gasteiger partial charge in [0.25, 0.3) is 0 Å². The fraction of sp³-hybridized carbons (Fsp3) is 0.538. The van der Waals surface area contributed by atoms with Crippen molar-refractivity contribution in [1.29, 1.82) is 0 Å². The smallest absolute Gasteiger partial charge is 0.203 e. The normalized spacial score (nSPS) is 10.1. The van der Waals surface area contributed by atoms with Gasteiger partial charge in [-0.05, 0) is 38.4 Å². The van der Waals surface area contributed by atoms with E-state index in [1.54, 1.807) is 0 Å². The molecule has 1 aromatic carbocycles. The van der Waals surface area contributed by atoms with Crippen LogP contribution in [0.4, 0.5) is 0 Å². The zero-order valence-corrected chi connectivity index (χ0v) is 11.7. The van der Waals surface area contributed by atoms with Gasteiger partial charge in [0.1, 0.15) is 0 Å². The van der Waals surface area contributed by atoms with E-state index in [0.29, 0.717) is 25.6 Å². The monoisotopic (exact) mass is 251 g/mol. The summed E-state index contributed by atoms with van der Waals surface area (Å²) in [4.78, 5) is 0. The first-order chi connectivity index (χ1) is 8.28. The highest BCUT2D eigenvalue weighted by atomic mass is 28.1. The lowest BCUT2D eigenvalue weighted by Gasteiger charge is -2.17. The number of rotatable bonds is 7. The Bertz CT molecular complexity index is 353. The summed E-state index contributed by atoms with van der Waals surface area (Å²) in [6.07, 6.45) is 0. The van der Waals surface area contributed by atoms with Crippen molar-refractivity contribution in [2.45, 2.75) is 26.8 Å². The van der Waals surface area contributed by atoms with E-state index in [1.165, 1.54) is 0 Å². The maximum atomic E-state index is 5.66. The SMILES string of the molecule is CCOc1ccc(C[Si])c(OCC)c1OCC. The third-order valence-electron chi connectivity index (χ3n) is 2.23. The fourth-order valence-corrected chi connectivity index (χ4v) is 1.86. The van der Waals surface area contributed by atoms with Crippen molar-refractivity contribution in [1.82, 2.24) is 0 Å². The lowest BCUT2D eigenvalue weighted by molar-refractivity contribution is 0.259. The molecule has 0 aliphatic rings. The Labute approximate surface area is 106 Å². The number of benzene rings is 1. The molecule has 0 heterocycles. The molecule has 1 rings (SSSR count). The van der Waals surface area contributed by atoms with E-state index in [1.807, 2.05) is 32.9 Å². The topological polar surface area (TPSA) is 27.7 Å². The van der Waals surface area contributed by atoms with Gasteiger partial charge < -0.3 is 14.2 Å². The summed E-state index contributed by atoms with van der Waals surface area (Å²) in [7, 11) is 3.50. The van der Waals surface area contributed by atoms with Gasteiger partial charge in [-0.3, -0.25) is 0 Å². The minimum atomic E-state index is 0.589. The molecule has 0 aromatic heterocycles. The molecule has 0 saturated heterocycles. The van der Waals surface area contributed by atoms with Crippen LogP contribution in [0.2, 0.25) is 0 Å². The Hall–Kier alpha value is -1.16. The molecule has 0 spiro atoms. The summed E-state index contributed by atoms with van der Waals surface area (Å²) in [5.74, 6) is 2.21. The van der Waals surface area contributed by atoms with Crippen LogP contribution >= 0.6 is 0 Å². The Balaban J connectivity index is 3.20.